The lowest BCUT2D eigenvalue weighted by molar-refractivity contribution is 0.0948. The molecule has 1 aromatic heterocycles. The van der Waals surface area contributed by atoms with Gasteiger partial charge in [-0.1, -0.05) is 25.1 Å². The summed E-state index contributed by atoms with van der Waals surface area (Å²) >= 11 is 0. The minimum atomic E-state index is -0.354. The number of hydrogen-bond donors (Lipinski definition) is 2. The van der Waals surface area contributed by atoms with Crippen molar-refractivity contribution in [1.29, 1.82) is 0 Å². The van der Waals surface area contributed by atoms with Gasteiger partial charge in [0.2, 0.25) is 0 Å². The van der Waals surface area contributed by atoms with Crippen LogP contribution in [0.25, 0.3) is 22.0 Å². The van der Waals surface area contributed by atoms with Crippen molar-refractivity contribution < 1.29 is 14.3 Å². The average molecular weight is 364 g/mol. The summed E-state index contributed by atoms with van der Waals surface area (Å²) in [5.41, 5.74) is 8.94. The lowest BCUT2D eigenvalue weighted by Gasteiger charge is -2.12. The van der Waals surface area contributed by atoms with E-state index in [2.05, 4.69) is 15.5 Å². The number of ether oxygens (including phenoxy) is 1. The first-order valence-electron chi connectivity index (χ1n) is 8.57. The number of hydrogen-bond acceptors (Lipinski definition) is 6. The number of fused-ring (bicyclic) bond motifs is 1. The highest BCUT2D eigenvalue weighted by molar-refractivity contribution is 6.08. The number of carbonyl (C=O) groups is 2. The van der Waals surface area contributed by atoms with Crippen LogP contribution in [0.3, 0.4) is 0 Å². The maximum Gasteiger partial charge on any atom is 0.273 e. The van der Waals surface area contributed by atoms with E-state index in [0.29, 0.717) is 39.9 Å². The third-order valence-corrected chi connectivity index (χ3v) is 4.26. The van der Waals surface area contributed by atoms with E-state index in [1.165, 1.54) is 0 Å². The van der Waals surface area contributed by atoms with Crippen LogP contribution in [-0.4, -0.2) is 36.0 Å². The summed E-state index contributed by atoms with van der Waals surface area (Å²) in [4.78, 5) is 23.8. The van der Waals surface area contributed by atoms with Crippen LogP contribution in [0.2, 0.25) is 0 Å². The van der Waals surface area contributed by atoms with Crippen LogP contribution < -0.4 is 15.8 Å². The second-order valence-corrected chi connectivity index (χ2v) is 5.99. The van der Waals surface area contributed by atoms with Gasteiger partial charge in [-0.15, -0.1) is 10.2 Å². The molecule has 0 aliphatic rings. The summed E-state index contributed by atoms with van der Waals surface area (Å²) in [6, 6.07) is 10.6. The predicted molar refractivity (Wildman–Crippen MR) is 104 cm³/mol. The van der Waals surface area contributed by atoms with E-state index in [4.69, 9.17) is 10.5 Å². The lowest BCUT2D eigenvalue weighted by Crippen LogP contribution is -2.26. The first-order chi connectivity index (χ1) is 13.1. The highest BCUT2D eigenvalue weighted by Gasteiger charge is 2.18. The fourth-order valence-corrected chi connectivity index (χ4v) is 2.87. The first kappa shape index (κ1) is 18.3. The minimum Gasteiger partial charge on any atom is -0.497 e. The molecular formula is C20H20N4O3. The molecule has 0 aliphatic carbocycles. The number of carbonyl (C=O) groups excluding carboxylic acids is 2. The van der Waals surface area contributed by atoms with Crippen LogP contribution in [-0.2, 0) is 0 Å². The number of rotatable bonds is 6. The van der Waals surface area contributed by atoms with Gasteiger partial charge in [0, 0.05) is 23.1 Å². The molecule has 0 aliphatic heterocycles. The van der Waals surface area contributed by atoms with Gasteiger partial charge < -0.3 is 15.8 Å². The third kappa shape index (κ3) is 3.44. The molecule has 27 heavy (non-hydrogen) atoms. The highest BCUT2D eigenvalue weighted by Crippen LogP contribution is 2.33. The largest absolute Gasteiger partial charge is 0.497 e. The molecule has 0 fully saturated rings. The number of benzene rings is 2. The number of nitrogen functional groups attached to an aromatic ring is 1. The average Bonchev–Trinajstić information content (AvgIpc) is 2.71. The van der Waals surface area contributed by atoms with Crippen LogP contribution >= 0.6 is 0 Å². The molecule has 0 bridgehead atoms. The molecule has 3 aromatic rings. The van der Waals surface area contributed by atoms with Crippen molar-refractivity contribution >= 4 is 28.8 Å². The van der Waals surface area contributed by atoms with Gasteiger partial charge in [-0.25, -0.2) is 0 Å². The molecule has 0 saturated carbocycles. The second-order valence-electron chi connectivity index (χ2n) is 5.99. The Morgan fingerprint density at radius 2 is 2.04 bits per heavy atom. The predicted octanol–water partition coefficient (Wildman–Crippen LogP) is 2.84. The lowest BCUT2D eigenvalue weighted by atomic mass is 9.97. The molecule has 2 aromatic carbocycles. The monoisotopic (exact) mass is 364 g/mol. The van der Waals surface area contributed by atoms with Crippen LogP contribution in [0, 0.1) is 0 Å². The summed E-state index contributed by atoms with van der Waals surface area (Å²) in [6.45, 7) is 2.49. The molecule has 0 unspecified atom stereocenters. The Hall–Kier alpha value is -3.48. The quantitative estimate of drug-likeness (QED) is 0.651. The van der Waals surface area contributed by atoms with Gasteiger partial charge in [-0.3, -0.25) is 9.59 Å². The summed E-state index contributed by atoms with van der Waals surface area (Å²) < 4.78 is 5.18. The molecule has 0 saturated heterocycles. The fraction of sp³-hybridized carbons (Fsp3) is 0.200. The molecular weight excluding hydrogens is 344 g/mol. The maximum atomic E-state index is 12.2. The van der Waals surface area contributed by atoms with Crippen LogP contribution in [0.15, 0.2) is 36.4 Å². The molecule has 3 rings (SSSR count). The molecule has 138 valence electrons. The zero-order chi connectivity index (χ0) is 19.4. The second kappa shape index (κ2) is 7.82. The standard InChI is InChI=1S/C20H20N4O3/c1-3-9-22-20(26)19-17(21)16-6-4-5-15(18(16)23-24-19)14-8-7-13(27-2)10-12(14)11-25/h4-8,10-11H,3,9H2,1-2H3,(H2,21,23)(H,22,26). The Balaban J connectivity index is 2.16. The zero-order valence-corrected chi connectivity index (χ0v) is 15.2. The van der Waals surface area contributed by atoms with Crippen molar-refractivity contribution in [3.05, 3.63) is 47.7 Å². The molecule has 0 atom stereocenters. The smallest absolute Gasteiger partial charge is 0.273 e. The summed E-state index contributed by atoms with van der Waals surface area (Å²) in [5, 5.41) is 11.6. The molecule has 0 spiro atoms. The van der Waals surface area contributed by atoms with Gasteiger partial charge >= 0.3 is 0 Å². The minimum absolute atomic E-state index is 0.0958. The topological polar surface area (TPSA) is 107 Å². The normalized spacial score (nSPS) is 10.6. The summed E-state index contributed by atoms with van der Waals surface area (Å²) in [7, 11) is 1.54. The van der Waals surface area contributed by atoms with E-state index >= 15 is 0 Å². The van der Waals surface area contributed by atoms with Gasteiger partial charge in [0.15, 0.2) is 12.0 Å². The fourth-order valence-electron chi connectivity index (χ4n) is 2.87. The van der Waals surface area contributed by atoms with Gasteiger partial charge in [0.25, 0.3) is 5.91 Å². The third-order valence-electron chi connectivity index (χ3n) is 4.26. The summed E-state index contributed by atoms with van der Waals surface area (Å²) in [5.74, 6) is 0.230. The van der Waals surface area contributed by atoms with E-state index < -0.39 is 0 Å². The SMILES string of the molecule is CCCNC(=O)c1nnc2c(-c3ccc(OC)cc3C=O)cccc2c1N. The van der Waals surface area contributed by atoms with Crippen molar-refractivity contribution in [2.24, 2.45) is 0 Å². The molecule has 3 N–H and O–H groups in total. The molecule has 7 nitrogen and oxygen atoms in total. The van der Waals surface area contributed by atoms with Crippen molar-refractivity contribution in [3.63, 3.8) is 0 Å². The van der Waals surface area contributed by atoms with Crippen molar-refractivity contribution in [1.82, 2.24) is 15.5 Å². The Bertz CT molecular complexity index is 1020. The molecule has 1 heterocycles. The summed E-state index contributed by atoms with van der Waals surface area (Å²) in [6.07, 6.45) is 1.57. The van der Waals surface area contributed by atoms with E-state index in [0.717, 1.165) is 12.7 Å². The van der Waals surface area contributed by atoms with E-state index in [1.54, 1.807) is 31.4 Å². The Morgan fingerprint density at radius 1 is 1.22 bits per heavy atom. The number of aldehydes is 1. The van der Waals surface area contributed by atoms with Crippen molar-refractivity contribution in [2.75, 3.05) is 19.4 Å². The number of anilines is 1. The number of amides is 1. The van der Waals surface area contributed by atoms with Crippen LogP contribution in [0.1, 0.15) is 34.2 Å². The maximum absolute atomic E-state index is 12.2. The number of nitrogens with two attached hydrogens (primary N) is 1. The highest BCUT2D eigenvalue weighted by atomic mass is 16.5. The van der Waals surface area contributed by atoms with E-state index in [-0.39, 0.29) is 17.3 Å². The number of nitrogens with one attached hydrogen (secondary N) is 1. The van der Waals surface area contributed by atoms with E-state index in [9.17, 15) is 9.59 Å². The Morgan fingerprint density at radius 3 is 2.74 bits per heavy atom. The number of methoxy groups -OCH3 is 1. The molecule has 0 radical (unpaired) electrons. The molecule has 1 amide bonds. The Labute approximate surface area is 156 Å². The van der Waals surface area contributed by atoms with Gasteiger partial charge in [-0.05, 0) is 30.2 Å². The van der Waals surface area contributed by atoms with Crippen molar-refractivity contribution in [2.45, 2.75) is 13.3 Å². The number of nitrogens with zero attached hydrogens (tertiary/aromatic N) is 2. The van der Waals surface area contributed by atoms with E-state index in [1.807, 2.05) is 19.1 Å². The van der Waals surface area contributed by atoms with Gasteiger partial charge in [-0.2, -0.15) is 0 Å². The van der Waals surface area contributed by atoms with Crippen LogP contribution in [0.4, 0.5) is 5.69 Å². The first-order valence-corrected chi connectivity index (χ1v) is 8.57. The van der Waals surface area contributed by atoms with Gasteiger partial charge in [0.1, 0.15) is 11.3 Å². The molecule has 7 heteroatoms. The zero-order valence-electron chi connectivity index (χ0n) is 15.2. The van der Waals surface area contributed by atoms with Gasteiger partial charge in [0.05, 0.1) is 12.8 Å². The number of aromatic nitrogens is 2. The van der Waals surface area contributed by atoms with Crippen molar-refractivity contribution in [3.8, 4) is 16.9 Å². The Kier molecular flexibility index (Phi) is 5.30. The van der Waals surface area contributed by atoms with Crippen LogP contribution in [0.5, 0.6) is 5.75 Å².